The van der Waals surface area contributed by atoms with Gasteiger partial charge in [0.05, 0.1) is 0 Å². The zero-order valence-electron chi connectivity index (χ0n) is 16.2. The third-order valence-electron chi connectivity index (χ3n) is 5.29. The van der Waals surface area contributed by atoms with Gasteiger partial charge in [0, 0.05) is 0 Å². The SMILES string of the molecule is CC(=O)/C=C/c1ccc(C2=C(c3ccccc3)CCCc3ccccc32)cc1. The average molecular weight is 364 g/mol. The van der Waals surface area contributed by atoms with Gasteiger partial charge in [-0.15, -0.1) is 0 Å². The van der Waals surface area contributed by atoms with Crippen molar-refractivity contribution in [3.05, 3.63) is 113 Å². The summed E-state index contributed by atoms with van der Waals surface area (Å²) in [4.78, 5) is 11.2. The quantitative estimate of drug-likeness (QED) is 0.478. The first kappa shape index (κ1) is 18.2. The maximum atomic E-state index is 11.2. The number of fused-ring (bicyclic) bond motifs is 1. The highest BCUT2D eigenvalue weighted by Crippen LogP contribution is 2.39. The van der Waals surface area contributed by atoms with Gasteiger partial charge in [-0.25, -0.2) is 0 Å². The molecule has 0 saturated carbocycles. The fourth-order valence-corrected chi connectivity index (χ4v) is 3.96. The van der Waals surface area contributed by atoms with Crippen molar-refractivity contribution < 1.29 is 4.79 Å². The molecule has 0 saturated heterocycles. The highest BCUT2D eigenvalue weighted by atomic mass is 16.1. The molecule has 0 N–H and O–H groups in total. The predicted octanol–water partition coefficient (Wildman–Crippen LogP) is 6.58. The van der Waals surface area contributed by atoms with E-state index in [1.807, 2.05) is 6.08 Å². The zero-order valence-corrected chi connectivity index (χ0v) is 16.2. The molecule has 1 nitrogen and oxygen atoms in total. The molecule has 138 valence electrons. The van der Waals surface area contributed by atoms with E-state index in [0.29, 0.717) is 0 Å². The number of allylic oxidation sites excluding steroid dienone is 2. The molecule has 1 aliphatic carbocycles. The van der Waals surface area contributed by atoms with Crippen molar-refractivity contribution in [3.63, 3.8) is 0 Å². The molecule has 0 bridgehead atoms. The molecule has 0 radical (unpaired) electrons. The number of benzene rings is 3. The third kappa shape index (κ3) is 3.89. The summed E-state index contributed by atoms with van der Waals surface area (Å²) in [5.41, 5.74) is 9.08. The van der Waals surface area contributed by atoms with Crippen LogP contribution in [0.2, 0.25) is 0 Å². The summed E-state index contributed by atoms with van der Waals surface area (Å²) in [5, 5.41) is 0. The van der Waals surface area contributed by atoms with E-state index in [4.69, 9.17) is 0 Å². The molecule has 3 aromatic carbocycles. The topological polar surface area (TPSA) is 17.1 Å². The fraction of sp³-hybridized carbons (Fsp3) is 0.148. The molecule has 0 heterocycles. The predicted molar refractivity (Wildman–Crippen MR) is 118 cm³/mol. The second-order valence-electron chi connectivity index (χ2n) is 7.30. The largest absolute Gasteiger partial charge is 0.295 e. The van der Waals surface area contributed by atoms with Crippen LogP contribution in [0.3, 0.4) is 0 Å². The molecule has 0 aliphatic heterocycles. The zero-order chi connectivity index (χ0) is 19.3. The van der Waals surface area contributed by atoms with Gasteiger partial charge in [-0.05, 0) is 71.2 Å². The molecule has 0 aromatic heterocycles. The lowest BCUT2D eigenvalue weighted by atomic mass is 9.87. The summed E-state index contributed by atoms with van der Waals surface area (Å²) in [5.74, 6) is 0.0656. The van der Waals surface area contributed by atoms with E-state index in [0.717, 1.165) is 24.8 Å². The number of ketones is 1. The Morgan fingerprint density at radius 3 is 2.25 bits per heavy atom. The maximum absolute atomic E-state index is 11.2. The minimum absolute atomic E-state index is 0.0656. The number of hydrogen-bond donors (Lipinski definition) is 0. The summed E-state index contributed by atoms with van der Waals surface area (Å²) in [6.45, 7) is 1.57. The van der Waals surface area contributed by atoms with E-state index in [-0.39, 0.29) is 5.78 Å². The second kappa shape index (κ2) is 8.22. The first-order valence-electron chi connectivity index (χ1n) is 9.88. The lowest BCUT2D eigenvalue weighted by molar-refractivity contribution is -0.112. The molecule has 0 fully saturated rings. The Balaban J connectivity index is 1.87. The Morgan fingerprint density at radius 1 is 0.786 bits per heavy atom. The fourth-order valence-electron chi connectivity index (χ4n) is 3.96. The van der Waals surface area contributed by atoms with Crippen molar-refractivity contribution in [2.75, 3.05) is 0 Å². The lowest BCUT2D eigenvalue weighted by Crippen LogP contribution is -1.96. The maximum Gasteiger partial charge on any atom is 0.152 e. The third-order valence-corrected chi connectivity index (χ3v) is 5.29. The number of carbonyl (C=O) groups is 1. The van der Waals surface area contributed by atoms with E-state index in [9.17, 15) is 4.79 Å². The van der Waals surface area contributed by atoms with Crippen LogP contribution in [0.5, 0.6) is 0 Å². The second-order valence-corrected chi connectivity index (χ2v) is 7.30. The van der Waals surface area contributed by atoms with Crippen molar-refractivity contribution in [2.45, 2.75) is 26.2 Å². The summed E-state index contributed by atoms with van der Waals surface area (Å²) in [6, 6.07) is 28.1. The summed E-state index contributed by atoms with van der Waals surface area (Å²) in [6.07, 6.45) is 6.82. The molecule has 0 unspecified atom stereocenters. The Hall–Kier alpha value is -3.19. The molecule has 4 rings (SSSR count). The Morgan fingerprint density at radius 2 is 1.50 bits per heavy atom. The van der Waals surface area contributed by atoms with Crippen molar-refractivity contribution in [3.8, 4) is 0 Å². The summed E-state index contributed by atoms with van der Waals surface area (Å²) < 4.78 is 0. The van der Waals surface area contributed by atoms with Gasteiger partial charge in [0.25, 0.3) is 0 Å². The van der Waals surface area contributed by atoms with Gasteiger partial charge in [0.1, 0.15) is 0 Å². The number of carbonyl (C=O) groups excluding carboxylic acids is 1. The molecular formula is C27H24O. The van der Waals surface area contributed by atoms with Gasteiger partial charge in [-0.1, -0.05) is 84.9 Å². The Kier molecular flexibility index (Phi) is 5.34. The standard InChI is InChI=1S/C27H24O/c1-20(28)14-15-21-16-18-24(19-17-21)27-25-12-6-5-10-23(25)11-7-13-26(27)22-8-3-2-4-9-22/h2-6,8-10,12,14-19H,7,11,13H2,1H3/b15-14+. The van der Waals surface area contributed by atoms with Crippen LogP contribution in [-0.4, -0.2) is 5.78 Å². The number of hydrogen-bond acceptors (Lipinski definition) is 1. The van der Waals surface area contributed by atoms with Gasteiger partial charge in [-0.2, -0.15) is 0 Å². The van der Waals surface area contributed by atoms with Crippen LogP contribution in [-0.2, 0) is 11.2 Å². The lowest BCUT2D eigenvalue weighted by Gasteiger charge is -2.16. The molecule has 1 heteroatoms. The molecule has 0 amide bonds. The molecule has 0 atom stereocenters. The van der Waals surface area contributed by atoms with Crippen LogP contribution < -0.4 is 0 Å². The monoisotopic (exact) mass is 364 g/mol. The smallest absolute Gasteiger partial charge is 0.152 e. The molecule has 28 heavy (non-hydrogen) atoms. The summed E-state index contributed by atoms with van der Waals surface area (Å²) >= 11 is 0. The van der Waals surface area contributed by atoms with E-state index < -0.39 is 0 Å². The number of rotatable bonds is 4. The average Bonchev–Trinajstić information content (AvgIpc) is 2.93. The van der Waals surface area contributed by atoms with Gasteiger partial charge in [0.2, 0.25) is 0 Å². The van der Waals surface area contributed by atoms with Crippen LogP contribution in [0.4, 0.5) is 0 Å². The Bertz CT molecular complexity index is 1040. The minimum atomic E-state index is 0.0656. The Labute approximate surface area is 167 Å². The van der Waals surface area contributed by atoms with E-state index in [2.05, 4.69) is 78.9 Å². The highest BCUT2D eigenvalue weighted by molar-refractivity contribution is 6.00. The van der Waals surface area contributed by atoms with Gasteiger partial charge in [0.15, 0.2) is 5.78 Å². The summed E-state index contributed by atoms with van der Waals surface area (Å²) in [7, 11) is 0. The molecule has 3 aromatic rings. The minimum Gasteiger partial charge on any atom is -0.295 e. The van der Waals surface area contributed by atoms with Gasteiger partial charge in [-0.3, -0.25) is 4.79 Å². The van der Waals surface area contributed by atoms with Crippen molar-refractivity contribution in [1.82, 2.24) is 0 Å². The van der Waals surface area contributed by atoms with Crippen molar-refractivity contribution in [1.29, 1.82) is 0 Å². The molecule has 1 aliphatic rings. The first-order chi connectivity index (χ1) is 13.7. The van der Waals surface area contributed by atoms with E-state index in [1.54, 1.807) is 13.0 Å². The van der Waals surface area contributed by atoms with Crippen LogP contribution in [0, 0.1) is 0 Å². The van der Waals surface area contributed by atoms with Crippen molar-refractivity contribution in [2.24, 2.45) is 0 Å². The number of aryl methyl sites for hydroxylation is 1. The van der Waals surface area contributed by atoms with E-state index >= 15 is 0 Å². The van der Waals surface area contributed by atoms with Crippen LogP contribution in [0.15, 0.2) is 84.9 Å². The first-order valence-corrected chi connectivity index (χ1v) is 9.88. The van der Waals surface area contributed by atoms with Crippen molar-refractivity contribution >= 4 is 23.0 Å². The molecule has 0 spiro atoms. The van der Waals surface area contributed by atoms with Crippen LogP contribution >= 0.6 is 0 Å². The molecular weight excluding hydrogens is 340 g/mol. The normalized spacial score (nSPS) is 14.0. The van der Waals surface area contributed by atoms with Crippen LogP contribution in [0.25, 0.3) is 17.2 Å². The van der Waals surface area contributed by atoms with Gasteiger partial charge >= 0.3 is 0 Å². The van der Waals surface area contributed by atoms with Crippen LogP contribution in [0.1, 0.15) is 47.6 Å². The van der Waals surface area contributed by atoms with Gasteiger partial charge < -0.3 is 0 Å². The highest BCUT2D eigenvalue weighted by Gasteiger charge is 2.19. The van der Waals surface area contributed by atoms with E-state index in [1.165, 1.54) is 33.4 Å².